The van der Waals surface area contributed by atoms with Gasteiger partial charge in [0.05, 0.1) is 11.1 Å². The Kier molecular flexibility index (Phi) is 3.82. The van der Waals surface area contributed by atoms with Crippen LogP contribution in [0, 0.1) is 11.3 Å². The number of nitrogens with zero attached hydrogens (tertiary/aromatic N) is 3. The molecule has 0 amide bonds. The van der Waals surface area contributed by atoms with Gasteiger partial charge in [-0.1, -0.05) is 24.3 Å². The van der Waals surface area contributed by atoms with Gasteiger partial charge in [0.25, 0.3) is 0 Å². The van der Waals surface area contributed by atoms with E-state index in [1.807, 2.05) is 36.4 Å². The first kappa shape index (κ1) is 13.1. The molecule has 0 unspecified atom stereocenters. The van der Waals surface area contributed by atoms with Crippen molar-refractivity contribution in [3.05, 3.63) is 48.6 Å². The van der Waals surface area contributed by atoms with Gasteiger partial charge in [0.15, 0.2) is 0 Å². The van der Waals surface area contributed by atoms with E-state index in [0.717, 1.165) is 16.7 Å². The number of benzene rings is 1. The van der Waals surface area contributed by atoms with E-state index in [4.69, 9.17) is 0 Å². The Balaban J connectivity index is 2.63. The molecule has 0 aliphatic heterocycles. The Morgan fingerprint density at radius 3 is 2.79 bits per heavy atom. The van der Waals surface area contributed by atoms with Crippen molar-refractivity contribution in [2.45, 2.75) is 19.9 Å². The molecule has 0 N–H and O–H groups in total. The zero-order valence-corrected chi connectivity index (χ0v) is 11.3. The third-order valence-electron chi connectivity index (χ3n) is 3.05. The lowest BCUT2D eigenvalue weighted by Crippen LogP contribution is -2.32. The topological polar surface area (TPSA) is 39.9 Å². The fourth-order valence-corrected chi connectivity index (χ4v) is 2.09. The molecule has 1 heterocycles. The monoisotopic (exact) mass is 251 g/mol. The second kappa shape index (κ2) is 5.53. The van der Waals surface area contributed by atoms with Gasteiger partial charge in [-0.2, -0.15) is 5.26 Å². The average molecular weight is 251 g/mol. The van der Waals surface area contributed by atoms with Crippen molar-refractivity contribution in [2.75, 3.05) is 11.4 Å². The van der Waals surface area contributed by atoms with Gasteiger partial charge < -0.3 is 4.90 Å². The standard InChI is InChI=1S/C16H17N3/c1-4-9-19(12(2)3)16-14(11-17)10-13-7-5-6-8-15(13)18-16/h4-8,10,12H,1,9H2,2-3H3. The highest BCUT2D eigenvalue weighted by molar-refractivity contribution is 5.83. The first-order valence-corrected chi connectivity index (χ1v) is 6.34. The predicted molar refractivity (Wildman–Crippen MR) is 79.1 cm³/mol. The van der Waals surface area contributed by atoms with E-state index in [1.165, 1.54) is 0 Å². The molecule has 2 rings (SSSR count). The molecule has 0 bridgehead atoms. The molecule has 0 fully saturated rings. The van der Waals surface area contributed by atoms with E-state index >= 15 is 0 Å². The van der Waals surface area contributed by atoms with Crippen molar-refractivity contribution in [3.8, 4) is 6.07 Å². The van der Waals surface area contributed by atoms with Crippen LogP contribution in [-0.4, -0.2) is 17.6 Å². The summed E-state index contributed by atoms with van der Waals surface area (Å²) in [6.07, 6.45) is 1.83. The maximum absolute atomic E-state index is 9.33. The molecule has 1 aromatic carbocycles. The summed E-state index contributed by atoms with van der Waals surface area (Å²) in [7, 11) is 0. The van der Waals surface area contributed by atoms with Crippen LogP contribution in [0.15, 0.2) is 43.0 Å². The Bertz CT molecular complexity index is 638. The molecule has 0 saturated heterocycles. The first-order chi connectivity index (χ1) is 9.17. The van der Waals surface area contributed by atoms with Gasteiger partial charge in [-0.15, -0.1) is 6.58 Å². The molecule has 96 valence electrons. The van der Waals surface area contributed by atoms with Crippen LogP contribution in [-0.2, 0) is 0 Å². The van der Waals surface area contributed by atoms with Crippen molar-refractivity contribution in [2.24, 2.45) is 0 Å². The molecule has 3 heteroatoms. The van der Waals surface area contributed by atoms with Gasteiger partial charge in [0.1, 0.15) is 11.9 Å². The summed E-state index contributed by atoms with van der Waals surface area (Å²) < 4.78 is 0. The fourth-order valence-electron chi connectivity index (χ4n) is 2.09. The molecule has 19 heavy (non-hydrogen) atoms. The number of hydrogen-bond donors (Lipinski definition) is 0. The molecule has 3 nitrogen and oxygen atoms in total. The second-order valence-electron chi connectivity index (χ2n) is 4.70. The van der Waals surface area contributed by atoms with Crippen LogP contribution in [0.4, 0.5) is 5.82 Å². The van der Waals surface area contributed by atoms with Gasteiger partial charge in [0, 0.05) is 18.0 Å². The number of anilines is 1. The van der Waals surface area contributed by atoms with Crippen LogP contribution in [0.3, 0.4) is 0 Å². The Labute approximate surface area is 113 Å². The minimum absolute atomic E-state index is 0.263. The number of pyridine rings is 1. The summed E-state index contributed by atoms with van der Waals surface area (Å²) >= 11 is 0. The van der Waals surface area contributed by atoms with Gasteiger partial charge in [-0.3, -0.25) is 0 Å². The highest BCUT2D eigenvalue weighted by Crippen LogP contribution is 2.24. The normalized spacial score (nSPS) is 10.4. The molecular weight excluding hydrogens is 234 g/mol. The number of hydrogen-bond acceptors (Lipinski definition) is 3. The van der Waals surface area contributed by atoms with E-state index < -0.39 is 0 Å². The number of para-hydroxylation sites is 1. The van der Waals surface area contributed by atoms with E-state index in [0.29, 0.717) is 12.1 Å². The van der Waals surface area contributed by atoms with Crippen LogP contribution in [0.5, 0.6) is 0 Å². The predicted octanol–water partition coefficient (Wildman–Crippen LogP) is 3.51. The summed E-state index contributed by atoms with van der Waals surface area (Å²) in [6, 6.07) is 12.3. The molecule has 0 saturated carbocycles. The van der Waals surface area contributed by atoms with E-state index in [2.05, 4.69) is 36.4 Å². The SMILES string of the molecule is C=CCN(c1nc2ccccc2cc1C#N)C(C)C. The molecule has 0 spiro atoms. The van der Waals surface area contributed by atoms with Crippen molar-refractivity contribution < 1.29 is 0 Å². The van der Waals surface area contributed by atoms with Gasteiger partial charge in [-0.25, -0.2) is 4.98 Å². The van der Waals surface area contributed by atoms with E-state index in [1.54, 1.807) is 0 Å². The van der Waals surface area contributed by atoms with E-state index in [9.17, 15) is 5.26 Å². The van der Waals surface area contributed by atoms with Crippen molar-refractivity contribution in [3.63, 3.8) is 0 Å². The lowest BCUT2D eigenvalue weighted by molar-refractivity contribution is 0.713. The largest absolute Gasteiger partial charge is 0.349 e. The number of nitriles is 1. The number of aromatic nitrogens is 1. The second-order valence-corrected chi connectivity index (χ2v) is 4.70. The van der Waals surface area contributed by atoms with Crippen LogP contribution >= 0.6 is 0 Å². The molecule has 2 aromatic rings. The number of rotatable bonds is 4. The molecule has 0 atom stereocenters. The lowest BCUT2D eigenvalue weighted by Gasteiger charge is -2.27. The van der Waals surface area contributed by atoms with Gasteiger partial charge >= 0.3 is 0 Å². The zero-order chi connectivity index (χ0) is 13.8. The minimum atomic E-state index is 0.263. The summed E-state index contributed by atoms with van der Waals surface area (Å²) in [5.41, 5.74) is 1.51. The fraction of sp³-hybridized carbons (Fsp3) is 0.250. The maximum atomic E-state index is 9.33. The van der Waals surface area contributed by atoms with Crippen molar-refractivity contribution in [1.29, 1.82) is 5.26 Å². The highest BCUT2D eigenvalue weighted by Gasteiger charge is 2.15. The lowest BCUT2D eigenvalue weighted by atomic mass is 10.1. The Hall–Kier alpha value is -2.34. The maximum Gasteiger partial charge on any atom is 0.147 e. The quantitative estimate of drug-likeness (QED) is 0.781. The Morgan fingerprint density at radius 2 is 2.16 bits per heavy atom. The molecular formula is C16H17N3. The summed E-state index contributed by atoms with van der Waals surface area (Å²) in [5.74, 6) is 0.733. The molecule has 0 aliphatic rings. The minimum Gasteiger partial charge on any atom is -0.349 e. The zero-order valence-electron chi connectivity index (χ0n) is 11.3. The van der Waals surface area contributed by atoms with Gasteiger partial charge in [-0.05, 0) is 26.0 Å². The Morgan fingerprint density at radius 1 is 1.42 bits per heavy atom. The van der Waals surface area contributed by atoms with E-state index in [-0.39, 0.29) is 6.04 Å². The third-order valence-corrected chi connectivity index (χ3v) is 3.05. The highest BCUT2D eigenvalue weighted by atomic mass is 15.2. The number of fused-ring (bicyclic) bond motifs is 1. The smallest absolute Gasteiger partial charge is 0.147 e. The first-order valence-electron chi connectivity index (χ1n) is 6.34. The summed E-state index contributed by atoms with van der Waals surface area (Å²) in [5, 5.41) is 10.3. The molecule has 0 aliphatic carbocycles. The van der Waals surface area contributed by atoms with Crippen LogP contribution in [0.25, 0.3) is 10.9 Å². The van der Waals surface area contributed by atoms with Gasteiger partial charge in [0.2, 0.25) is 0 Å². The van der Waals surface area contributed by atoms with Crippen LogP contribution in [0.1, 0.15) is 19.4 Å². The summed E-state index contributed by atoms with van der Waals surface area (Å²) in [6.45, 7) is 8.62. The van der Waals surface area contributed by atoms with Crippen LogP contribution in [0.2, 0.25) is 0 Å². The molecule has 1 aromatic heterocycles. The van der Waals surface area contributed by atoms with Crippen molar-refractivity contribution >= 4 is 16.7 Å². The van der Waals surface area contributed by atoms with Crippen molar-refractivity contribution in [1.82, 2.24) is 4.98 Å². The summed E-state index contributed by atoms with van der Waals surface area (Å²) in [4.78, 5) is 6.72. The van der Waals surface area contributed by atoms with Crippen LogP contribution < -0.4 is 4.90 Å². The molecule has 0 radical (unpaired) electrons. The average Bonchev–Trinajstić information content (AvgIpc) is 2.43. The third kappa shape index (κ3) is 2.58.